The number of anilines is 1. The zero-order valence-electron chi connectivity index (χ0n) is 15.4. The van der Waals surface area contributed by atoms with Gasteiger partial charge in [-0.3, -0.25) is 4.79 Å². The van der Waals surface area contributed by atoms with Crippen LogP contribution in [0.4, 0.5) is 5.69 Å². The van der Waals surface area contributed by atoms with Gasteiger partial charge in [-0.1, -0.05) is 12.1 Å². The van der Waals surface area contributed by atoms with Crippen molar-refractivity contribution >= 4 is 24.7 Å². The fourth-order valence-corrected chi connectivity index (χ4v) is 2.58. The highest BCUT2D eigenvalue weighted by molar-refractivity contribution is 6.55. The monoisotopic (exact) mass is 330 g/mol. The maximum atomic E-state index is 11.7. The summed E-state index contributed by atoms with van der Waals surface area (Å²) in [6.07, 6.45) is 1.99. The molecule has 0 atom stereocenters. The molecule has 24 heavy (non-hydrogen) atoms. The maximum Gasteiger partial charge on any atom is 0.491 e. The molecule has 1 aliphatic heterocycles. The minimum Gasteiger partial charge on any atom is -0.400 e. The zero-order chi connectivity index (χ0) is 18.1. The van der Waals surface area contributed by atoms with Crippen LogP contribution in [-0.4, -0.2) is 37.7 Å². The lowest BCUT2D eigenvalue weighted by molar-refractivity contribution is 0.00578. The van der Waals surface area contributed by atoms with E-state index in [4.69, 9.17) is 15.0 Å². The highest BCUT2D eigenvalue weighted by Gasteiger charge is 2.52. The number of benzene rings is 1. The van der Waals surface area contributed by atoms with Crippen molar-refractivity contribution in [1.82, 2.24) is 5.32 Å². The minimum absolute atomic E-state index is 0.0476. The Morgan fingerprint density at radius 1 is 1.25 bits per heavy atom. The van der Waals surface area contributed by atoms with E-state index in [0.29, 0.717) is 17.8 Å². The SMILES string of the molecule is CNCC(=Cc1ccc(N)c(C(C)=O)c1)B1OC(C)(C)C(C)(C)O1. The van der Waals surface area contributed by atoms with Gasteiger partial charge in [-0.15, -0.1) is 0 Å². The summed E-state index contributed by atoms with van der Waals surface area (Å²) in [6.45, 7) is 10.3. The number of likely N-dealkylation sites (N-methyl/N-ethyl adjacent to an activating group) is 1. The number of rotatable bonds is 5. The lowest BCUT2D eigenvalue weighted by Gasteiger charge is -2.32. The number of hydrogen-bond acceptors (Lipinski definition) is 5. The van der Waals surface area contributed by atoms with Crippen LogP contribution in [0.15, 0.2) is 23.7 Å². The normalized spacial score (nSPS) is 19.6. The van der Waals surface area contributed by atoms with Gasteiger partial charge in [0.1, 0.15) is 0 Å². The molecule has 0 aliphatic carbocycles. The van der Waals surface area contributed by atoms with Gasteiger partial charge in [-0.05, 0) is 64.8 Å². The second-order valence-corrected chi connectivity index (χ2v) is 7.24. The first kappa shape index (κ1) is 18.7. The Morgan fingerprint density at radius 3 is 2.33 bits per heavy atom. The molecular weight excluding hydrogens is 303 g/mol. The number of ketones is 1. The zero-order valence-corrected chi connectivity index (χ0v) is 15.4. The van der Waals surface area contributed by atoms with Crippen LogP contribution >= 0.6 is 0 Å². The van der Waals surface area contributed by atoms with Gasteiger partial charge in [0, 0.05) is 17.8 Å². The standard InChI is InChI=1S/C18H27BN2O3/c1-12(22)15-10-13(7-8-16(15)20)9-14(11-21-6)19-23-17(2,3)18(4,5)24-19/h7-10,21H,11,20H2,1-6H3. The largest absolute Gasteiger partial charge is 0.491 e. The second-order valence-electron chi connectivity index (χ2n) is 7.24. The average Bonchev–Trinajstić information content (AvgIpc) is 2.68. The Hall–Kier alpha value is -1.63. The van der Waals surface area contributed by atoms with Gasteiger partial charge in [0.25, 0.3) is 0 Å². The molecule has 0 spiro atoms. The molecule has 1 aromatic rings. The van der Waals surface area contributed by atoms with Crippen molar-refractivity contribution in [2.75, 3.05) is 19.3 Å². The van der Waals surface area contributed by atoms with E-state index in [1.165, 1.54) is 6.92 Å². The van der Waals surface area contributed by atoms with Gasteiger partial charge in [-0.25, -0.2) is 0 Å². The van der Waals surface area contributed by atoms with Crippen molar-refractivity contribution in [3.63, 3.8) is 0 Å². The third kappa shape index (κ3) is 3.71. The van der Waals surface area contributed by atoms with Crippen molar-refractivity contribution in [3.05, 3.63) is 34.8 Å². The number of carbonyl (C=O) groups is 1. The molecule has 1 fully saturated rings. The van der Waals surface area contributed by atoms with Crippen molar-refractivity contribution in [2.45, 2.75) is 45.8 Å². The Labute approximate surface area is 144 Å². The van der Waals surface area contributed by atoms with Crippen molar-refractivity contribution in [3.8, 4) is 0 Å². The number of nitrogens with two attached hydrogens (primary N) is 1. The fraction of sp³-hybridized carbons (Fsp3) is 0.500. The molecule has 6 heteroatoms. The van der Waals surface area contributed by atoms with Crippen LogP contribution in [0, 0.1) is 0 Å². The first-order chi connectivity index (χ1) is 11.1. The molecule has 0 radical (unpaired) electrons. The van der Waals surface area contributed by atoms with E-state index in [9.17, 15) is 4.79 Å². The number of nitrogens with one attached hydrogen (secondary N) is 1. The molecule has 5 nitrogen and oxygen atoms in total. The van der Waals surface area contributed by atoms with E-state index >= 15 is 0 Å². The molecule has 0 saturated carbocycles. The van der Waals surface area contributed by atoms with E-state index in [-0.39, 0.29) is 5.78 Å². The van der Waals surface area contributed by atoms with E-state index in [2.05, 4.69) is 5.32 Å². The minimum atomic E-state index is -0.430. The Bertz CT molecular complexity index is 652. The first-order valence-electron chi connectivity index (χ1n) is 8.18. The molecule has 0 aromatic heterocycles. The van der Waals surface area contributed by atoms with Crippen LogP contribution in [0.25, 0.3) is 6.08 Å². The molecule has 3 N–H and O–H groups in total. The third-order valence-corrected chi connectivity index (χ3v) is 4.75. The van der Waals surface area contributed by atoms with Crippen LogP contribution in [-0.2, 0) is 9.31 Å². The molecule has 130 valence electrons. The molecule has 0 unspecified atom stereocenters. The molecule has 2 rings (SSSR count). The highest BCUT2D eigenvalue weighted by Crippen LogP contribution is 2.38. The topological polar surface area (TPSA) is 73.6 Å². The number of nitrogen functional groups attached to an aromatic ring is 1. The second kappa shape index (κ2) is 6.71. The van der Waals surface area contributed by atoms with Gasteiger partial charge in [0.15, 0.2) is 5.78 Å². The van der Waals surface area contributed by atoms with E-state index in [0.717, 1.165) is 11.0 Å². The molecule has 1 aromatic carbocycles. The predicted octanol–water partition coefficient (Wildman–Crippen LogP) is 2.71. The summed E-state index contributed by atoms with van der Waals surface area (Å²) in [6, 6.07) is 5.45. The Kier molecular flexibility index (Phi) is 5.23. The number of carbonyl (C=O) groups excluding carboxylic acids is 1. The summed E-state index contributed by atoms with van der Waals surface area (Å²) < 4.78 is 12.3. The number of hydrogen-bond donors (Lipinski definition) is 2. The van der Waals surface area contributed by atoms with Crippen LogP contribution in [0.1, 0.15) is 50.5 Å². The maximum absolute atomic E-state index is 11.7. The molecule has 1 aliphatic rings. The van der Waals surface area contributed by atoms with Crippen molar-refractivity contribution < 1.29 is 14.1 Å². The summed E-state index contributed by atoms with van der Waals surface area (Å²) >= 11 is 0. The molecule has 1 heterocycles. The lowest BCUT2D eigenvalue weighted by Crippen LogP contribution is -2.41. The number of Topliss-reactive ketones (excluding diaryl/α,β-unsaturated/α-hetero) is 1. The Morgan fingerprint density at radius 2 is 1.83 bits per heavy atom. The molecule has 1 saturated heterocycles. The van der Waals surface area contributed by atoms with E-state index in [1.807, 2.05) is 46.9 Å². The van der Waals surface area contributed by atoms with Crippen molar-refractivity contribution in [2.24, 2.45) is 0 Å². The van der Waals surface area contributed by atoms with Crippen LogP contribution in [0.5, 0.6) is 0 Å². The molecular formula is C18H27BN2O3. The van der Waals surface area contributed by atoms with Crippen LogP contribution in [0.2, 0.25) is 0 Å². The van der Waals surface area contributed by atoms with Gasteiger partial charge in [0.05, 0.1) is 11.2 Å². The van der Waals surface area contributed by atoms with Gasteiger partial charge in [0.2, 0.25) is 0 Å². The van der Waals surface area contributed by atoms with E-state index < -0.39 is 18.3 Å². The quantitative estimate of drug-likeness (QED) is 0.493. The van der Waals surface area contributed by atoms with Crippen LogP contribution in [0.3, 0.4) is 0 Å². The first-order valence-corrected chi connectivity index (χ1v) is 8.18. The van der Waals surface area contributed by atoms with Gasteiger partial charge in [-0.2, -0.15) is 0 Å². The highest BCUT2D eigenvalue weighted by atomic mass is 16.7. The smallest absolute Gasteiger partial charge is 0.400 e. The third-order valence-electron chi connectivity index (χ3n) is 4.75. The Balaban J connectivity index is 2.37. The lowest BCUT2D eigenvalue weighted by atomic mass is 9.77. The van der Waals surface area contributed by atoms with Crippen LogP contribution < -0.4 is 11.1 Å². The summed E-state index contributed by atoms with van der Waals surface area (Å²) in [5.41, 5.74) is 7.97. The van der Waals surface area contributed by atoms with Gasteiger partial charge >= 0.3 is 7.12 Å². The van der Waals surface area contributed by atoms with Gasteiger partial charge < -0.3 is 20.4 Å². The molecule has 0 amide bonds. The van der Waals surface area contributed by atoms with Crippen molar-refractivity contribution in [1.29, 1.82) is 0 Å². The van der Waals surface area contributed by atoms with E-state index in [1.54, 1.807) is 12.1 Å². The fourth-order valence-electron chi connectivity index (χ4n) is 2.58. The molecule has 0 bridgehead atoms. The summed E-state index contributed by atoms with van der Waals surface area (Å²) in [7, 11) is 1.45. The summed E-state index contributed by atoms with van der Waals surface area (Å²) in [5, 5.41) is 3.15. The summed E-state index contributed by atoms with van der Waals surface area (Å²) in [5.74, 6) is -0.0476. The predicted molar refractivity (Wildman–Crippen MR) is 98.8 cm³/mol. The summed E-state index contributed by atoms with van der Waals surface area (Å²) in [4.78, 5) is 11.7. The average molecular weight is 330 g/mol.